The Morgan fingerprint density at radius 3 is 2.36 bits per heavy atom. The van der Waals surface area contributed by atoms with E-state index in [2.05, 4.69) is 26.1 Å². The molecule has 2 aromatic carbocycles. The molecule has 3 aliphatic rings. The molecule has 0 radical (unpaired) electrons. The summed E-state index contributed by atoms with van der Waals surface area (Å²) in [5.74, 6) is 0.570. The number of hydrogen-bond acceptors (Lipinski definition) is 3. The van der Waals surface area contributed by atoms with Gasteiger partial charge in [0.2, 0.25) is 0 Å². The molecule has 1 N–H and O–H groups in total. The summed E-state index contributed by atoms with van der Waals surface area (Å²) in [5, 5.41) is 11.7. The lowest BCUT2D eigenvalue weighted by Gasteiger charge is -2.39. The number of carbonyl (C=O) groups excluding carboxylic acids is 1. The zero-order chi connectivity index (χ0) is 23.5. The molecule has 0 aromatic heterocycles. The Balaban J connectivity index is 1.44. The molecule has 1 amide bonds. The Hall–Kier alpha value is -1.75. The van der Waals surface area contributed by atoms with Gasteiger partial charge in [0.1, 0.15) is 5.71 Å². The van der Waals surface area contributed by atoms with Crippen molar-refractivity contribution in [2.45, 2.75) is 58.5 Å². The van der Waals surface area contributed by atoms with Gasteiger partial charge >= 0.3 is 0 Å². The van der Waals surface area contributed by atoms with Gasteiger partial charge in [0.15, 0.2) is 0 Å². The molecule has 0 spiro atoms. The van der Waals surface area contributed by atoms with E-state index in [4.69, 9.17) is 39.9 Å². The molecule has 1 aliphatic heterocycles. The van der Waals surface area contributed by atoms with Gasteiger partial charge in [-0.2, -0.15) is 5.10 Å². The van der Waals surface area contributed by atoms with E-state index < -0.39 is 0 Å². The number of carbonyl (C=O) groups is 1. The van der Waals surface area contributed by atoms with Crippen molar-refractivity contribution in [3.05, 3.63) is 63.1 Å². The Bertz CT molecular complexity index is 1130. The molecule has 2 aromatic rings. The lowest BCUT2D eigenvalue weighted by atomic mass is 9.69. The molecule has 2 unspecified atom stereocenters. The molecule has 7 heteroatoms. The molecule has 2 saturated carbocycles. The summed E-state index contributed by atoms with van der Waals surface area (Å²) in [6.45, 7) is 7.03. The summed E-state index contributed by atoms with van der Waals surface area (Å²) in [6, 6.07) is 13.0. The summed E-state index contributed by atoms with van der Waals surface area (Å²) >= 11 is 18.8. The molecule has 2 aliphatic carbocycles. The highest BCUT2D eigenvalue weighted by molar-refractivity contribution is 6.40. The summed E-state index contributed by atoms with van der Waals surface area (Å²) in [7, 11) is 0. The first kappa shape index (κ1) is 23.0. The fourth-order valence-corrected chi connectivity index (χ4v) is 6.77. The molecule has 2 fully saturated rings. The molecule has 0 saturated heterocycles. The maximum Gasteiger partial charge on any atom is 0.267 e. The third-order valence-electron chi connectivity index (χ3n) is 8.68. The number of halogens is 3. The molecule has 5 rings (SSSR count). The van der Waals surface area contributed by atoms with E-state index in [1.807, 2.05) is 35.3 Å². The van der Waals surface area contributed by atoms with Crippen LogP contribution in [0.25, 0.3) is 0 Å². The zero-order valence-corrected chi connectivity index (χ0v) is 21.3. The summed E-state index contributed by atoms with van der Waals surface area (Å²) in [5.41, 5.74) is 2.60. The van der Waals surface area contributed by atoms with Crippen LogP contribution < -0.4 is 10.3 Å². The summed E-state index contributed by atoms with van der Waals surface area (Å²) in [6.07, 6.45) is 3.93. The van der Waals surface area contributed by atoms with Crippen molar-refractivity contribution in [1.29, 1.82) is 0 Å². The van der Waals surface area contributed by atoms with Gasteiger partial charge in [-0.05, 0) is 71.9 Å². The van der Waals surface area contributed by atoms with Crippen LogP contribution in [0.3, 0.4) is 0 Å². The van der Waals surface area contributed by atoms with Gasteiger partial charge in [-0.15, -0.1) is 0 Å². The number of hydrazone groups is 1. The molecular weight excluding hydrogens is 477 g/mol. The summed E-state index contributed by atoms with van der Waals surface area (Å²) in [4.78, 5) is 13.4. The molecule has 33 heavy (non-hydrogen) atoms. The SMILES string of the molecule is CC1(C)[C@@H]2CC[C@@]1(C)C(NC(=O)C1=NN(c3ccc(Cl)cc3Cl)C(c3ccc(Cl)cc3)C1)C2. The number of amides is 1. The van der Waals surface area contributed by atoms with Crippen LogP contribution >= 0.6 is 34.8 Å². The van der Waals surface area contributed by atoms with Crippen molar-refractivity contribution in [3.8, 4) is 0 Å². The van der Waals surface area contributed by atoms with Crippen LogP contribution in [0, 0.1) is 16.7 Å². The van der Waals surface area contributed by atoms with Gasteiger partial charge in [-0.3, -0.25) is 9.80 Å². The number of hydrogen-bond donors (Lipinski definition) is 1. The van der Waals surface area contributed by atoms with E-state index in [1.54, 1.807) is 12.1 Å². The van der Waals surface area contributed by atoms with Crippen molar-refractivity contribution < 1.29 is 4.79 Å². The predicted octanol–water partition coefficient (Wildman–Crippen LogP) is 7.29. The van der Waals surface area contributed by atoms with Crippen molar-refractivity contribution in [2.75, 3.05) is 5.01 Å². The van der Waals surface area contributed by atoms with Crippen molar-refractivity contribution in [1.82, 2.24) is 5.32 Å². The molecule has 4 nitrogen and oxygen atoms in total. The maximum atomic E-state index is 13.4. The van der Waals surface area contributed by atoms with Crippen LogP contribution in [0.2, 0.25) is 15.1 Å². The van der Waals surface area contributed by atoms with Crippen LogP contribution in [0.5, 0.6) is 0 Å². The zero-order valence-electron chi connectivity index (χ0n) is 19.0. The maximum absolute atomic E-state index is 13.4. The van der Waals surface area contributed by atoms with Gasteiger partial charge in [0.25, 0.3) is 5.91 Å². The minimum Gasteiger partial charge on any atom is -0.348 e. The Kier molecular flexibility index (Phi) is 5.70. The third kappa shape index (κ3) is 3.75. The van der Waals surface area contributed by atoms with Gasteiger partial charge < -0.3 is 5.32 Å². The standard InChI is InChI=1S/C26H28Cl3N3O/c1-25(2)16-10-11-26(25,3)23(12-16)30-24(33)20-14-22(15-4-6-17(27)7-5-15)32(31-20)21-9-8-18(28)13-19(21)29/h4-9,13,16,22-23H,10-12,14H2,1-3H3,(H,30,33)/t16-,22?,23?,26+/m1/s1. The van der Waals surface area contributed by atoms with E-state index in [0.29, 0.717) is 33.1 Å². The number of nitrogens with one attached hydrogen (secondary N) is 1. The number of benzene rings is 2. The molecule has 4 atom stereocenters. The highest BCUT2D eigenvalue weighted by Gasteiger charge is 2.61. The number of anilines is 1. The van der Waals surface area contributed by atoms with E-state index in [9.17, 15) is 4.79 Å². The fraction of sp³-hybridized carbons (Fsp3) is 0.462. The number of rotatable bonds is 4. The van der Waals surface area contributed by atoms with E-state index in [-0.39, 0.29) is 28.8 Å². The second-order valence-electron chi connectivity index (χ2n) is 10.4. The van der Waals surface area contributed by atoms with Crippen LogP contribution in [0.4, 0.5) is 5.69 Å². The Morgan fingerprint density at radius 2 is 1.76 bits per heavy atom. The smallest absolute Gasteiger partial charge is 0.267 e. The average molecular weight is 505 g/mol. The second-order valence-corrected chi connectivity index (χ2v) is 11.7. The Morgan fingerprint density at radius 1 is 1.06 bits per heavy atom. The topological polar surface area (TPSA) is 44.7 Å². The molecular formula is C26H28Cl3N3O. The molecule has 174 valence electrons. The lowest BCUT2D eigenvalue weighted by molar-refractivity contribution is -0.116. The van der Waals surface area contributed by atoms with Crippen LogP contribution in [-0.2, 0) is 4.79 Å². The van der Waals surface area contributed by atoms with Gasteiger partial charge in [0.05, 0.1) is 16.8 Å². The second kappa shape index (κ2) is 8.18. The fourth-order valence-electron chi connectivity index (χ4n) is 6.14. The highest BCUT2D eigenvalue weighted by Crippen LogP contribution is 2.65. The van der Waals surface area contributed by atoms with Crippen molar-refractivity contribution in [3.63, 3.8) is 0 Å². The first-order chi connectivity index (χ1) is 15.6. The first-order valence-corrected chi connectivity index (χ1v) is 12.6. The number of nitrogens with zero attached hydrogens (tertiary/aromatic N) is 2. The van der Waals surface area contributed by atoms with Crippen molar-refractivity contribution in [2.24, 2.45) is 21.8 Å². The van der Waals surface area contributed by atoms with Gasteiger partial charge in [-0.25, -0.2) is 0 Å². The quantitative estimate of drug-likeness (QED) is 0.475. The van der Waals surface area contributed by atoms with Crippen molar-refractivity contribution >= 4 is 52.1 Å². The number of fused-ring (bicyclic) bond motifs is 2. The van der Waals surface area contributed by atoms with E-state index in [1.165, 1.54) is 6.42 Å². The predicted molar refractivity (Wildman–Crippen MR) is 136 cm³/mol. The van der Waals surface area contributed by atoms with E-state index >= 15 is 0 Å². The molecule has 2 bridgehead atoms. The van der Waals surface area contributed by atoms with Crippen LogP contribution in [0.1, 0.15) is 58.1 Å². The van der Waals surface area contributed by atoms with Gasteiger partial charge in [0, 0.05) is 22.5 Å². The minimum atomic E-state index is -0.159. The first-order valence-electron chi connectivity index (χ1n) is 11.5. The highest BCUT2D eigenvalue weighted by atomic mass is 35.5. The van der Waals surface area contributed by atoms with Crippen LogP contribution in [-0.4, -0.2) is 17.7 Å². The van der Waals surface area contributed by atoms with Crippen LogP contribution in [0.15, 0.2) is 47.6 Å². The Labute approximate surface area is 210 Å². The normalized spacial score (nSPS) is 29.9. The monoisotopic (exact) mass is 503 g/mol. The summed E-state index contributed by atoms with van der Waals surface area (Å²) < 4.78 is 0. The van der Waals surface area contributed by atoms with E-state index in [0.717, 1.165) is 24.1 Å². The minimum absolute atomic E-state index is 0.0869. The van der Waals surface area contributed by atoms with Gasteiger partial charge in [-0.1, -0.05) is 67.7 Å². The molecule has 1 heterocycles. The largest absolute Gasteiger partial charge is 0.348 e. The average Bonchev–Trinajstić information content (AvgIpc) is 3.34. The third-order valence-corrected chi connectivity index (χ3v) is 9.47. The lowest BCUT2D eigenvalue weighted by Crippen LogP contribution is -2.48.